The highest BCUT2D eigenvalue weighted by atomic mass is 35.5. The van der Waals surface area contributed by atoms with Crippen LogP contribution in [0.25, 0.3) is 10.9 Å². The number of H-pyrrole nitrogens is 1. The molecule has 1 aromatic carbocycles. The number of nitroso groups, excluding NO2 is 1. The summed E-state index contributed by atoms with van der Waals surface area (Å²) in [6.45, 7) is 1.89. The molecule has 72 valence electrons. The molecule has 3 nitrogen and oxygen atoms in total. The van der Waals surface area contributed by atoms with E-state index in [2.05, 4.69) is 10.2 Å². The number of fused-ring (bicyclic) bond motifs is 1. The van der Waals surface area contributed by atoms with E-state index in [1.807, 2.05) is 19.2 Å². The average Bonchev–Trinajstić information content (AvgIpc) is 2.60. The summed E-state index contributed by atoms with van der Waals surface area (Å²) in [7, 11) is 0. The predicted octanol–water partition coefficient (Wildman–Crippen LogP) is 3.87. The highest BCUT2D eigenvalue weighted by Gasteiger charge is 2.10. The summed E-state index contributed by atoms with van der Waals surface area (Å²) in [5, 5.41) is 3.83. The van der Waals surface area contributed by atoms with Gasteiger partial charge in [0.15, 0.2) is 0 Å². The number of nitrogens with zero attached hydrogens (tertiary/aromatic N) is 1. The van der Waals surface area contributed by atoms with Gasteiger partial charge in [-0.05, 0) is 23.7 Å². The van der Waals surface area contributed by atoms with Crippen molar-refractivity contribution in [2.24, 2.45) is 5.18 Å². The first-order valence-electron chi connectivity index (χ1n) is 4.31. The number of benzene rings is 1. The topological polar surface area (TPSA) is 45.2 Å². The first-order valence-corrected chi connectivity index (χ1v) is 4.75. The zero-order valence-electron chi connectivity index (χ0n) is 7.62. The summed E-state index contributed by atoms with van der Waals surface area (Å²) in [6, 6.07) is 5.40. The average molecular weight is 209 g/mol. The standard InChI is InChI=1S/C10H9ClN2O/c1-6(11)8-5-12-10-7(8)3-2-4-9(10)13-14/h2-6,12H,1H3. The van der Waals surface area contributed by atoms with Crippen molar-refractivity contribution in [3.63, 3.8) is 0 Å². The molecule has 1 aromatic heterocycles. The largest absolute Gasteiger partial charge is 0.359 e. The zero-order valence-corrected chi connectivity index (χ0v) is 8.38. The highest BCUT2D eigenvalue weighted by molar-refractivity contribution is 6.21. The van der Waals surface area contributed by atoms with Gasteiger partial charge in [-0.25, -0.2) is 0 Å². The number of aromatic amines is 1. The van der Waals surface area contributed by atoms with Crippen molar-refractivity contribution in [2.45, 2.75) is 12.3 Å². The lowest BCUT2D eigenvalue weighted by molar-refractivity contribution is 1.10. The molecule has 1 atom stereocenters. The van der Waals surface area contributed by atoms with Crippen LogP contribution in [0.4, 0.5) is 5.69 Å². The van der Waals surface area contributed by atoms with Gasteiger partial charge in [0.2, 0.25) is 0 Å². The maximum absolute atomic E-state index is 10.5. The molecule has 0 bridgehead atoms. The van der Waals surface area contributed by atoms with Crippen molar-refractivity contribution in [3.05, 3.63) is 34.9 Å². The van der Waals surface area contributed by atoms with Gasteiger partial charge in [-0.1, -0.05) is 12.1 Å². The molecule has 4 heteroatoms. The summed E-state index contributed by atoms with van der Waals surface area (Å²) in [4.78, 5) is 13.5. The van der Waals surface area contributed by atoms with E-state index in [-0.39, 0.29) is 5.38 Å². The minimum absolute atomic E-state index is 0.0781. The quantitative estimate of drug-likeness (QED) is 0.591. The summed E-state index contributed by atoms with van der Waals surface area (Å²) < 4.78 is 0. The van der Waals surface area contributed by atoms with E-state index in [0.717, 1.165) is 16.5 Å². The lowest BCUT2D eigenvalue weighted by Gasteiger charge is -1.99. The van der Waals surface area contributed by atoms with E-state index in [1.165, 1.54) is 0 Å². The normalized spacial score (nSPS) is 13.0. The van der Waals surface area contributed by atoms with Crippen LogP contribution in [0.15, 0.2) is 29.6 Å². The van der Waals surface area contributed by atoms with Crippen LogP contribution in [0.2, 0.25) is 0 Å². The molecule has 0 fully saturated rings. The maximum atomic E-state index is 10.5. The molecule has 1 N–H and O–H groups in total. The Labute approximate surface area is 86.1 Å². The van der Waals surface area contributed by atoms with E-state index >= 15 is 0 Å². The fourth-order valence-corrected chi connectivity index (χ4v) is 1.75. The molecule has 0 aliphatic heterocycles. The van der Waals surface area contributed by atoms with Crippen molar-refractivity contribution >= 4 is 28.2 Å². The summed E-state index contributed by atoms with van der Waals surface area (Å²) in [6.07, 6.45) is 1.82. The molecule has 1 heterocycles. The third kappa shape index (κ3) is 1.30. The lowest BCUT2D eigenvalue weighted by Crippen LogP contribution is -1.79. The highest BCUT2D eigenvalue weighted by Crippen LogP contribution is 2.32. The number of hydrogen-bond acceptors (Lipinski definition) is 2. The molecule has 0 amide bonds. The molecule has 0 radical (unpaired) electrons. The third-order valence-electron chi connectivity index (χ3n) is 2.25. The number of alkyl halides is 1. The van der Waals surface area contributed by atoms with Crippen molar-refractivity contribution in [1.82, 2.24) is 4.98 Å². The first kappa shape index (κ1) is 9.21. The third-order valence-corrected chi connectivity index (χ3v) is 2.49. The molecule has 2 rings (SSSR count). The molecule has 1 unspecified atom stereocenters. The summed E-state index contributed by atoms with van der Waals surface area (Å²) in [5.41, 5.74) is 2.17. The fourth-order valence-electron chi connectivity index (χ4n) is 1.57. The van der Waals surface area contributed by atoms with E-state index in [4.69, 9.17) is 11.6 Å². The molecule has 2 aromatic rings. The summed E-state index contributed by atoms with van der Waals surface area (Å²) >= 11 is 5.99. The van der Waals surface area contributed by atoms with E-state index < -0.39 is 0 Å². The van der Waals surface area contributed by atoms with Gasteiger partial charge in [0.1, 0.15) is 5.69 Å². The van der Waals surface area contributed by atoms with Gasteiger partial charge in [0.05, 0.1) is 10.9 Å². The van der Waals surface area contributed by atoms with Crippen LogP contribution in [0.1, 0.15) is 17.9 Å². The molecule has 0 spiro atoms. The molecule has 14 heavy (non-hydrogen) atoms. The van der Waals surface area contributed by atoms with Crippen LogP contribution in [-0.4, -0.2) is 4.98 Å². The number of aromatic nitrogens is 1. The zero-order chi connectivity index (χ0) is 10.1. The van der Waals surface area contributed by atoms with Crippen LogP contribution >= 0.6 is 11.6 Å². The molecule has 0 aliphatic carbocycles. The van der Waals surface area contributed by atoms with Gasteiger partial charge in [-0.15, -0.1) is 16.5 Å². The van der Waals surface area contributed by atoms with Gasteiger partial charge in [-0.3, -0.25) is 0 Å². The monoisotopic (exact) mass is 208 g/mol. The Bertz CT molecular complexity index is 476. The van der Waals surface area contributed by atoms with Crippen molar-refractivity contribution in [1.29, 1.82) is 0 Å². The van der Waals surface area contributed by atoms with Gasteiger partial charge in [0, 0.05) is 11.6 Å². The Kier molecular flexibility index (Phi) is 2.25. The first-order chi connectivity index (χ1) is 6.74. The Balaban J connectivity index is 2.75. The Morgan fingerprint density at radius 3 is 2.93 bits per heavy atom. The van der Waals surface area contributed by atoms with Crippen LogP contribution in [-0.2, 0) is 0 Å². The van der Waals surface area contributed by atoms with Crippen molar-refractivity contribution < 1.29 is 0 Å². The van der Waals surface area contributed by atoms with E-state index in [9.17, 15) is 4.91 Å². The summed E-state index contributed by atoms with van der Waals surface area (Å²) in [5.74, 6) is 0. The number of para-hydroxylation sites is 1. The van der Waals surface area contributed by atoms with Crippen LogP contribution in [0.5, 0.6) is 0 Å². The second kappa shape index (κ2) is 3.42. The number of nitrogens with one attached hydrogen (secondary N) is 1. The van der Waals surface area contributed by atoms with Crippen molar-refractivity contribution in [2.75, 3.05) is 0 Å². The minimum atomic E-state index is -0.0781. The second-order valence-electron chi connectivity index (χ2n) is 3.15. The van der Waals surface area contributed by atoms with E-state index in [1.54, 1.807) is 12.1 Å². The van der Waals surface area contributed by atoms with Crippen LogP contribution in [0, 0.1) is 4.91 Å². The predicted molar refractivity (Wildman–Crippen MR) is 58.0 cm³/mol. The molecular formula is C10H9ClN2O. The molecular weight excluding hydrogens is 200 g/mol. The molecule has 0 saturated carbocycles. The number of rotatable bonds is 2. The SMILES string of the molecule is CC(Cl)c1c[nH]c2c(N=O)cccc12. The Morgan fingerprint density at radius 1 is 1.50 bits per heavy atom. The van der Waals surface area contributed by atoms with Gasteiger partial charge in [0.25, 0.3) is 0 Å². The van der Waals surface area contributed by atoms with Gasteiger partial charge < -0.3 is 4.98 Å². The van der Waals surface area contributed by atoms with Crippen molar-refractivity contribution in [3.8, 4) is 0 Å². The minimum Gasteiger partial charge on any atom is -0.359 e. The smallest absolute Gasteiger partial charge is 0.132 e. The lowest BCUT2D eigenvalue weighted by atomic mass is 10.1. The van der Waals surface area contributed by atoms with Crippen LogP contribution < -0.4 is 0 Å². The second-order valence-corrected chi connectivity index (χ2v) is 3.81. The molecule has 0 saturated heterocycles. The number of hydrogen-bond donors (Lipinski definition) is 1. The fraction of sp³-hybridized carbons (Fsp3) is 0.200. The number of halogens is 1. The Morgan fingerprint density at radius 2 is 2.29 bits per heavy atom. The maximum Gasteiger partial charge on any atom is 0.132 e. The molecule has 0 aliphatic rings. The Hall–Kier alpha value is -1.35. The van der Waals surface area contributed by atoms with Crippen LogP contribution in [0.3, 0.4) is 0 Å². The van der Waals surface area contributed by atoms with Gasteiger partial charge >= 0.3 is 0 Å². The van der Waals surface area contributed by atoms with Gasteiger partial charge in [-0.2, -0.15) is 0 Å². The van der Waals surface area contributed by atoms with E-state index in [0.29, 0.717) is 5.69 Å².